The summed E-state index contributed by atoms with van der Waals surface area (Å²) in [4.78, 5) is 38.8. The molecule has 5 nitrogen and oxygen atoms in total. The second kappa shape index (κ2) is 7.40. The number of hydrogen-bond acceptors (Lipinski definition) is 4. The molecule has 0 bridgehead atoms. The maximum absolute atomic E-state index is 14.2. The molecule has 0 saturated heterocycles. The zero-order chi connectivity index (χ0) is 25.6. The van der Waals surface area contributed by atoms with E-state index in [1.54, 1.807) is 0 Å². The Morgan fingerprint density at radius 2 is 1.71 bits per heavy atom. The summed E-state index contributed by atoms with van der Waals surface area (Å²) in [5.41, 5.74) is 0.282. The molecular weight excluding hydrogens is 436 g/mol. The van der Waals surface area contributed by atoms with E-state index >= 15 is 0 Å². The van der Waals surface area contributed by atoms with E-state index in [1.807, 2.05) is 19.1 Å². The van der Waals surface area contributed by atoms with Gasteiger partial charge >= 0.3 is 0 Å². The van der Waals surface area contributed by atoms with Crippen molar-refractivity contribution in [2.45, 2.75) is 92.0 Å². The molecule has 0 aromatic heterocycles. The van der Waals surface area contributed by atoms with Crippen LogP contribution in [0, 0.1) is 56.7 Å². The molecule has 1 unspecified atom stereocenters. The third kappa shape index (κ3) is 3.01. The Hall–Kier alpha value is -2.22. The molecular formula is C30H40N2O3. The van der Waals surface area contributed by atoms with Gasteiger partial charge in [0, 0.05) is 22.8 Å². The van der Waals surface area contributed by atoms with E-state index in [-0.39, 0.29) is 62.6 Å². The summed E-state index contributed by atoms with van der Waals surface area (Å²) in [5.74, 6) is -0.0257. The summed E-state index contributed by atoms with van der Waals surface area (Å²) in [6.07, 6.45) is 11.2. The van der Waals surface area contributed by atoms with E-state index in [9.17, 15) is 19.6 Å². The summed E-state index contributed by atoms with van der Waals surface area (Å²) < 4.78 is 0. The fourth-order valence-electron chi connectivity index (χ4n) is 9.62. The van der Waals surface area contributed by atoms with Crippen LogP contribution in [0.5, 0.6) is 0 Å². The molecule has 0 aromatic rings. The first-order valence-corrected chi connectivity index (χ1v) is 13.4. The number of carbonyl (C=O) groups is 3. The Kier molecular flexibility index (Phi) is 5.18. The molecule has 5 rings (SSSR count). The Balaban J connectivity index is 1.68. The lowest BCUT2D eigenvalue weighted by atomic mass is 9.36. The number of nitrogens with one attached hydrogen (secondary N) is 1. The predicted molar refractivity (Wildman–Crippen MR) is 134 cm³/mol. The number of ketones is 2. The third-order valence-electron chi connectivity index (χ3n) is 11.9. The number of carbonyl (C=O) groups excluding carboxylic acids is 3. The Bertz CT molecular complexity index is 1110. The number of nitrogens with zero attached hydrogens (tertiary/aromatic N) is 1. The number of allylic oxidation sites excluding steroid dienone is 4. The minimum atomic E-state index is -0.476. The van der Waals surface area contributed by atoms with Crippen LogP contribution in [-0.4, -0.2) is 23.5 Å². The second-order valence-electron chi connectivity index (χ2n) is 13.8. The van der Waals surface area contributed by atoms with Crippen molar-refractivity contribution in [3.05, 3.63) is 23.3 Å². The van der Waals surface area contributed by atoms with Crippen LogP contribution in [0.4, 0.5) is 0 Å². The van der Waals surface area contributed by atoms with Crippen molar-refractivity contribution in [1.82, 2.24) is 5.32 Å². The van der Waals surface area contributed by atoms with Gasteiger partial charge in [-0.2, -0.15) is 5.26 Å². The van der Waals surface area contributed by atoms with E-state index in [0.29, 0.717) is 0 Å². The summed E-state index contributed by atoms with van der Waals surface area (Å²) in [5, 5.41) is 13.0. The van der Waals surface area contributed by atoms with Crippen molar-refractivity contribution in [1.29, 1.82) is 5.26 Å². The highest BCUT2D eigenvalue weighted by atomic mass is 16.1. The van der Waals surface area contributed by atoms with Crippen LogP contribution in [0.15, 0.2) is 23.3 Å². The Morgan fingerprint density at radius 1 is 1.03 bits per heavy atom. The molecule has 188 valence electrons. The summed E-state index contributed by atoms with van der Waals surface area (Å²) in [7, 11) is 0. The predicted octanol–water partition coefficient (Wildman–Crippen LogP) is 5.31. The standard InChI is InChI=1S/C30H40N2O3/c1-18-20-7-8-28(5)23(27(20,4)14-19(16-31)25(18)35)13-22(34)24-21-15-26(2,3)9-11-30(21,32-17-33)12-10-29(24,28)6/h13-14,17-18,20-21,24H,7-12,15H2,1-6H3,(H,32,33)/t18-,20-,21?,24+,27-,28+,29+,30-/m0/s1. The van der Waals surface area contributed by atoms with Crippen LogP contribution in [0.25, 0.3) is 0 Å². The van der Waals surface area contributed by atoms with Crippen molar-refractivity contribution in [3.8, 4) is 6.07 Å². The first-order chi connectivity index (χ1) is 16.3. The molecule has 0 radical (unpaired) electrons. The maximum atomic E-state index is 14.2. The molecule has 3 saturated carbocycles. The SMILES string of the molecule is C[C@@H]1C(=O)C(C#N)=C[C@]2(C)C3=CC(=O)[C@H]4C5CC(C)(C)CC[C@]5(NC=O)CC[C@@]4(C)[C@]3(C)CC[C@@H]12. The highest BCUT2D eigenvalue weighted by Gasteiger charge is 2.69. The lowest BCUT2D eigenvalue weighted by molar-refractivity contribution is -0.160. The highest BCUT2D eigenvalue weighted by molar-refractivity contribution is 6.02. The summed E-state index contributed by atoms with van der Waals surface area (Å²) in [6, 6.07) is 2.15. The largest absolute Gasteiger partial charge is 0.353 e. The number of hydrogen-bond donors (Lipinski definition) is 1. The van der Waals surface area contributed by atoms with E-state index in [2.05, 4.69) is 46.0 Å². The fourth-order valence-corrected chi connectivity index (χ4v) is 9.62. The molecule has 5 aliphatic carbocycles. The lowest BCUT2D eigenvalue weighted by Crippen LogP contribution is -2.68. The molecule has 1 amide bonds. The first kappa shape index (κ1) is 24.5. The zero-order valence-electron chi connectivity index (χ0n) is 22.2. The summed E-state index contributed by atoms with van der Waals surface area (Å²) >= 11 is 0. The zero-order valence-corrected chi connectivity index (χ0v) is 22.2. The number of fused-ring (bicyclic) bond motifs is 7. The van der Waals surface area contributed by atoms with Crippen LogP contribution in [0.3, 0.4) is 0 Å². The van der Waals surface area contributed by atoms with Gasteiger partial charge in [-0.05, 0) is 79.1 Å². The van der Waals surface area contributed by atoms with Gasteiger partial charge in [-0.15, -0.1) is 0 Å². The molecule has 0 aliphatic heterocycles. The highest BCUT2D eigenvalue weighted by Crippen LogP contribution is 2.72. The number of amides is 1. The van der Waals surface area contributed by atoms with Crippen LogP contribution in [-0.2, 0) is 14.4 Å². The van der Waals surface area contributed by atoms with Crippen molar-refractivity contribution >= 4 is 18.0 Å². The molecule has 5 heteroatoms. The molecule has 0 aromatic carbocycles. The average Bonchev–Trinajstić information content (AvgIpc) is 2.79. The van der Waals surface area contributed by atoms with E-state index in [4.69, 9.17) is 0 Å². The normalized spacial score (nSPS) is 48.1. The Morgan fingerprint density at radius 3 is 2.37 bits per heavy atom. The van der Waals surface area contributed by atoms with E-state index in [1.165, 1.54) is 0 Å². The van der Waals surface area contributed by atoms with Gasteiger partial charge in [0.15, 0.2) is 11.6 Å². The second-order valence-corrected chi connectivity index (χ2v) is 13.8. The van der Waals surface area contributed by atoms with Crippen LogP contribution in [0.2, 0.25) is 0 Å². The minimum absolute atomic E-state index is 0.0581. The van der Waals surface area contributed by atoms with Gasteiger partial charge in [0.2, 0.25) is 6.41 Å². The number of Topliss-reactive ketones (excluding diaryl/α,β-unsaturated/α-hetero) is 1. The molecule has 0 spiro atoms. The van der Waals surface area contributed by atoms with Crippen molar-refractivity contribution in [2.75, 3.05) is 0 Å². The van der Waals surface area contributed by atoms with Crippen molar-refractivity contribution in [3.63, 3.8) is 0 Å². The van der Waals surface area contributed by atoms with Crippen molar-refractivity contribution in [2.24, 2.45) is 45.3 Å². The number of nitriles is 1. The topological polar surface area (TPSA) is 87.0 Å². The van der Waals surface area contributed by atoms with Gasteiger partial charge in [0.05, 0.1) is 5.57 Å². The first-order valence-electron chi connectivity index (χ1n) is 13.4. The van der Waals surface area contributed by atoms with Gasteiger partial charge < -0.3 is 5.32 Å². The number of rotatable bonds is 2. The molecule has 3 fully saturated rings. The van der Waals surface area contributed by atoms with Gasteiger partial charge in [-0.25, -0.2) is 0 Å². The van der Waals surface area contributed by atoms with Crippen molar-refractivity contribution < 1.29 is 14.4 Å². The molecule has 35 heavy (non-hydrogen) atoms. The molecule has 0 heterocycles. The molecule has 8 atom stereocenters. The van der Waals surface area contributed by atoms with Gasteiger partial charge in [-0.3, -0.25) is 14.4 Å². The van der Waals surface area contributed by atoms with Gasteiger partial charge in [0.25, 0.3) is 0 Å². The summed E-state index contributed by atoms with van der Waals surface area (Å²) in [6.45, 7) is 13.4. The van der Waals surface area contributed by atoms with Crippen LogP contribution >= 0.6 is 0 Å². The lowest BCUT2D eigenvalue weighted by Gasteiger charge is -2.68. The van der Waals surface area contributed by atoms with Crippen LogP contribution in [0.1, 0.15) is 86.5 Å². The Labute approximate surface area is 209 Å². The molecule has 1 N–H and O–H groups in total. The van der Waals surface area contributed by atoms with Crippen LogP contribution < -0.4 is 5.32 Å². The van der Waals surface area contributed by atoms with Gasteiger partial charge in [-0.1, -0.05) is 53.2 Å². The smallest absolute Gasteiger partial charge is 0.207 e. The van der Waals surface area contributed by atoms with E-state index < -0.39 is 5.41 Å². The third-order valence-corrected chi connectivity index (χ3v) is 11.9. The average molecular weight is 477 g/mol. The molecule has 5 aliphatic rings. The van der Waals surface area contributed by atoms with Gasteiger partial charge in [0.1, 0.15) is 6.07 Å². The quantitative estimate of drug-likeness (QED) is 0.547. The van der Waals surface area contributed by atoms with E-state index in [0.717, 1.165) is 56.9 Å². The minimum Gasteiger partial charge on any atom is -0.353 e. The monoisotopic (exact) mass is 476 g/mol. The fraction of sp³-hybridized carbons (Fsp3) is 0.733. The maximum Gasteiger partial charge on any atom is 0.207 e.